The van der Waals surface area contributed by atoms with E-state index in [1.807, 2.05) is 53.8 Å². The Morgan fingerprint density at radius 3 is 2.57 bits per heavy atom. The third kappa shape index (κ3) is 4.27. The summed E-state index contributed by atoms with van der Waals surface area (Å²) in [6, 6.07) is 13.2. The van der Waals surface area contributed by atoms with Gasteiger partial charge in [0, 0.05) is 34.9 Å². The van der Waals surface area contributed by atoms with E-state index in [4.69, 9.17) is 15.0 Å². The lowest BCUT2D eigenvalue weighted by molar-refractivity contribution is -0.141. The summed E-state index contributed by atoms with van der Waals surface area (Å²) in [5.41, 5.74) is 5.35. The van der Waals surface area contributed by atoms with E-state index in [0.717, 1.165) is 44.7 Å². The van der Waals surface area contributed by atoms with Crippen molar-refractivity contribution in [1.82, 2.24) is 19.7 Å². The van der Waals surface area contributed by atoms with Gasteiger partial charge in [-0.15, -0.1) is 21.5 Å². The molecule has 0 spiro atoms. The summed E-state index contributed by atoms with van der Waals surface area (Å²) in [4.78, 5) is 24.9. The third-order valence-corrected chi connectivity index (χ3v) is 7.77. The van der Waals surface area contributed by atoms with Gasteiger partial charge in [0.2, 0.25) is 0 Å². The average molecular weight is 512 g/mol. The summed E-state index contributed by atoms with van der Waals surface area (Å²) in [5.74, 6) is 1.75. The summed E-state index contributed by atoms with van der Waals surface area (Å²) in [6.07, 6.45) is 1.63. The molecule has 0 amide bonds. The van der Waals surface area contributed by atoms with Crippen LogP contribution in [-0.2, 0) is 9.53 Å². The zero-order chi connectivity index (χ0) is 26.3. The second-order valence-electron chi connectivity index (χ2n) is 8.80. The number of fused-ring (bicyclic) bond motifs is 3. The zero-order valence-electron chi connectivity index (χ0n) is 21.2. The third-order valence-electron chi connectivity index (χ3n) is 6.58. The van der Waals surface area contributed by atoms with E-state index >= 15 is 0 Å². The highest BCUT2D eigenvalue weighted by molar-refractivity contribution is 7.15. The number of hydrogen-bond donors (Lipinski definition) is 0. The van der Waals surface area contributed by atoms with Crippen LogP contribution in [0.3, 0.4) is 0 Å². The summed E-state index contributed by atoms with van der Waals surface area (Å²) in [6.45, 7) is 6.10. The van der Waals surface area contributed by atoms with Crippen LogP contribution < -0.4 is 4.90 Å². The number of thiophene rings is 1. The van der Waals surface area contributed by atoms with Crippen molar-refractivity contribution in [3.63, 3.8) is 0 Å². The maximum Gasteiger partial charge on any atom is 0.308 e. The molecule has 37 heavy (non-hydrogen) atoms. The Bertz CT molecular complexity index is 1560. The number of hydrogen-bond acceptors (Lipinski definition) is 9. The number of carbonyl (C=O) groups excluding carboxylic acids is 1. The van der Waals surface area contributed by atoms with Crippen molar-refractivity contribution in [1.29, 1.82) is 5.26 Å². The zero-order valence-corrected chi connectivity index (χ0v) is 22.0. The minimum atomic E-state index is -0.534. The molecule has 1 aliphatic heterocycles. The minimum absolute atomic E-state index is 0.0658. The Kier molecular flexibility index (Phi) is 6.31. The fourth-order valence-corrected chi connectivity index (χ4v) is 5.61. The Morgan fingerprint density at radius 2 is 1.92 bits per heavy atom. The first-order chi connectivity index (χ1) is 17.8. The second kappa shape index (κ2) is 9.59. The molecule has 1 atom stereocenters. The van der Waals surface area contributed by atoms with E-state index in [1.165, 1.54) is 12.0 Å². The fourth-order valence-electron chi connectivity index (χ4n) is 4.39. The van der Waals surface area contributed by atoms with E-state index < -0.39 is 6.04 Å². The molecule has 4 heterocycles. The van der Waals surface area contributed by atoms with E-state index in [9.17, 15) is 4.79 Å². The molecule has 3 aromatic heterocycles. The number of rotatable bonds is 5. The van der Waals surface area contributed by atoms with Gasteiger partial charge in [0.05, 0.1) is 24.8 Å². The number of carbonyl (C=O) groups is 1. The van der Waals surface area contributed by atoms with Crippen LogP contribution in [0.4, 0.5) is 11.5 Å². The van der Waals surface area contributed by atoms with Gasteiger partial charge in [0.1, 0.15) is 28.8 Å². The number of methoxy groups -OCH3 is 1. The maximum absolute atomic E-state index is 12.3. The van der Waals surface area contributed by atoms with Crippen molar-refractivity contribution in [2.75, 3.05) is 19.1 Å². The van der Waals surface area contributed by atoms with Crippen LogP contribution in [0.25, 0.3) is 5.00 Å². The van der Waals surface area contributed by atoms with Crippen LogP contribution in [0.2, 0.25) is 0 Å². The van der Waals surface area contributed by atoms with Crippen LogP contribution in [0, 0.1) is 32.1 Å². The lowest BCUT2D eigenvalue weighted by atomic mass is 9.99. The first kappa shape index (κ1) is 24.3. The van der Waals surface area contributed by atoms with Crippen LogP contribution in [-0.4, -0.2) is 45.6 Å². The number of aryl methyl sites for hydroxylation is 2. The first-order valence-corrected chi connectivity index (χ1v) is 12.5. The van der Waals surface area contributed by atoms with Crippen molar-refractivity contribution < 1.29 is 9.53 Å². The topological polar surface area (TPSA) is 109 Å². The largest absolute Gasteiger partial charge is 0.469 e. The normalized spacial score (nSPS) is 14.2. The molecule has 1 aliphatic rings. The monoisotopic (exact) mass is 511 g/mol. The Hall–Kier alpha value is -4.36. The number of aromatic nitrogens is 4. The van der Waals surface area contributed by atoms with Gasteiger partial charge in [-0.25, -0.2) is 4.98 Å². The van der Waals surface area contributed by atoms with Crippen LogP contribution in [0.5, 0.6) is 0 Å². The molecule has 0 fully saturated rings. The van der Waals surface area contributed by atoms with Crippen molar-refractivity contribution in [2.45, 2.75) is 33.2 Å². The van der Waals surface area contributed by atoms with Crippen molar-refractivity contribution in [3.05, 3.63) is 81.4 Å². The van der Waals surface area contributed by atoms with E-state index in [-0.39, 0.29) is 12.4 Å². The molecule has 0 unspecified atom stereocenters. The smallest absolute Gasteiger partial charge is 0.308 e. The maximum atomic E-state index is 12.3. The fraction of sp³-hybridized carbons (Fsp3) is 0.259. The minimum Gasteiger partial charge on any atom is -0.469 e. The number of pyridine rings is 1. The molecule has 0 bridgehead atoms. The molecule has 0 saturated heterocycles. The summed E-state index contributed by atoms with van der Waals surface area (Å²) in [7, 11) is 3.31. The number of esters is 1. The van der Waals surface area contributed by atoms with E-state index in [1.54, 1.807) is 23.6 Å². The Balaban J connectivity index is 1.60. The molecular weight excluding hydrogens is 486 g/mol. The lowest BCUT2D eigenvalue weighted by Gasteiger charge is -2.19. The van der Waals surface area contributed by atoms with Gasteiger partial charge in [0.15, 0.2) is 5.82 Å². The van der Waals surface area contributed by atoms with E-state index in [2.05, 4.69) is 35.1 Å². The highest BCUT2D eigenvalue weighted by Crippen LogP contribution is 2.39. The van der Waals surface area contributed by atoms with Gasteiger partial charge < -0.3 is 9.64 Å². The SMILES string of the molecule is COC(=O)C[C@@H]1N=C(c2ccc(N(C)c3ccc(C#N)cn3)cc2)c2c(sc(C)c2C)-n2c(C)nnc21. The predicted octanol–water partition coefficient (Wildman–Crippen LogP) is 4.74. The molecule has 0 aliphatic carbocycles. The molecular formula is C27H25N7O2S. The Morgan fingerprint density at radius 1 is 1.16 bits per heavy atom. The number of benzene rings is 1. The lowest BCUT2D eigenvalue weighted by Crippen LogP contribution is -2.13. The quantitative estimate of drug-likeness (QED) is 0.356. The summed E-state index contributed by atoms with van der Waals surface area (Å²) >= 11 is 1.67. The molecule has 0 radical (unpaired) electrons. The molecule has 0 saturated carbocycles. The van der Waals surface area contributed by atoms with Gasteiger partial charge >= 0.3 is 5.97 Å². The van der Waals surface area contributed by atoms with Crippen molar-refractivity contribution in [2.24, 2.45) is 4.99 Å². The number of nitrogens with zero attached hydrogens (tertiary/aromatic N) is 7. The molecule has 4 aromatic rings. The van der Waals surface area contributed by atoms with Crippen molar-refractivity contribution >= 4 is 34.5 Å². The molecule has 10 heteroatoms. The Labute approximate surface area is 218 Å². The van der Waals surface area contributed by atoms with E-state index in [0.29, 0.717) is 11.4 Å². The predicted molar refractivity (Wildman–Crippen MR) is 142 cm³/mol. The summed E-state index contributed by atoms with van der Waals surface area (Å²) in [5, 5.41) is 18.7. The molecule has 5 rings (SSSR count). The second-order valence-corrected chi connectivity index (χ2v) is 10.0. The average Bonchev–Trinajstić information content (AvgIpc) is 3.40. The highest BCUT2D eigenvalue weighted by atomic mass is 32.1. The number of ether oxygens (including phenoxy) is 1. The van der Waals surface area contributed by atoms with Crippen molar-refractivity contribution in [3.8, 4) is 11.1 Å². The summed E-state index contributed by atoms with van der Waals surface area (Å²) < 4.78 is 6.98. The highest BCUT2D eigenvalue weighted by Gasteiger charge is 2.32. The number of anilines is 2. The number of nitriles is 1. The van der Waals surface area contributed by atoms with Gasteiger partial charge in [-0.1, -0.05) is 12.1 Å². The number of aliphatic imine (C=N–C) groups is 1. The standard InChI is InChI=1S/C27H25N7O2S/c1-15-16(2)37-27-24(15)25(30-21(12-23(35)36-5)26-32-31-17(3)34(26)27)19-7-9-20(10-8-19)33(4)22-11-6-18(13-28)14-29-22/h6-11,14,21H,12H2,1-5H3/t21-/m0/s1. The van der Waals surface area contributed by atoms with Crippen LogP contribution in [0.1, 0.15) is 51.2 Å². The van der Waals surface area contributed by atoms with Crippen LogP contribution >= 0.6 is 11.3 Å². The van der Waals surface area contributed by atoms with Gasteiger partial charge in [-0.3, -0.25) is 14.4 Å². The molecule has 9 nitrogen and oxygen atoms in total. The molecule has 186 valence electrons. The van der Waals surface area contributed by atoms with Gasteiger partial charge in [-0.2, -0.15) is 5.26 Å². The molecule has 1 aromatic carbocycles. The van der Waals surface area contributed by atoms with Crippen LogP contribution in [0.15, 0.2) is 47.6 Å². The van der Waals surface area contributed by atoms with Gasteiger partial charge in [-0.05, 0) is 50.6 Å². The first-order valence-electron chi connectivity index (χ1n) is 11.7. The molecule has 0 N–H and O–H groups in total. The van der Waals surface area contributed by atoms with Gasteiger partial charge in [0.25, 0.3) is 0 Å².